The Morgan fingerprint density at radius 1 is 1.21 bits per heavy atom. The Kier molecular flexibility index (Phi) is 4.84. The Morgan fingerprint density at radius 3 is 2.85 bits per heavy atom. The minimum absolute atomic E-state index is 0.0192. The zero-order valence-electron chi connectivity index (χ0n) is 18.4. The lowest BCUT2D eigenvalue weighted by molar-refractivity contribution is -0.137. The van der Waals surface area contributed by atoms with E-state index in [4.69, 9.17) is 9.26 Å². The van der Waals surface area contributed by atoms with Crippen LogP contribution in [0.3, 0.4) is 0 Å². The molecular weight excluding hydrogens is 432 g/mol. The number of hydrogen-bond acceptors (Lipinski definition) is 6. The zero-order valence-corrected chi connectivity index (χ0v) is 18.4. The fourth-order valence-electron chi connectivity index (χ4n) is 4.73. The monoisotopic (exact) mass is 454 g/mol. The van der Waals surface area contributed by atoms with Crippen LogP contribution < -0.4 is 4.74 Å². The largest absolute Gasteiger partial charge is 0.492 e. The number of aryl methyl sites for hydroxylation is 1. The third-order valence-electron chi connectivity index (χ3n) is 6.71. The number of nitrogens with zero attached hydrogens (tertiary/aromatic N) is 3. The van der Waals surface area contributed by atoms with Gasteiger partial charge in [0.2, 0.25) is 5.82 Å². The smallest absolute Gasteiger partial charge is 0.304 e. The lowest BCUT2D eigenvalue weighted by atomic mass is 10.0. The van der Waals surface area contributed by atoms with Crippen LogP contribution in [0.25, 0.3) is 33.7 Å². The number of nitrogens with one attached hydrogen (secondary N) is 1. The maximum absolute atomic E-state index is 11.2. The molecule has 8 heteroatoms. The van der Waals surface area contributed by atoms with Crippen molar-refractivity contribution in [3.63, 3.8) is 0 Å². The maximum atomic E-state index is 11.2. The summed E-state index contributed by atoms with van der Waals surface area (Å²) >= 11 is 0. The van der Waals surface area contributed by atoms with Crippen molar-refractivity contribution in [2.24, 2.45) is 5.92 Å². The first-order chi connectivity index (χ1) is 16.6. The molecule has 0 spiro atoms. The molecule has 1 fully saturated rings. The van der Waals surface area contributed by atoms with Crippen LogP contribution in [-0.4, -0.2) is 32.8 Å². The number of nitriles is 1. The summed E-state index contributed by atoms with van der Waals surface area (Å²) < 4.78 is 11.3. The van der Waals surface area contributed by atoms with Gasteiger partial charge in [-0.3, -0.25) is 4.79 Å². The van der Waals surface area contributed by atoms with Crippen molar-refractivity contribution in [3.8, 4) is 34.7 Å². The molecule has 2 aliphatic carbocycles. The predicted octanol–water partition coefficient (Wildman–Crippen LogP) is 5.05. The number of hydrogen-bond donors (Lipinski definition) is 2. The Hall–Kier alpha value is -4.12. The van der Waals surface area contributed by atoms with E-state index >= 15 is 0 Å². The molecule has 0 saturated heterocycles. The van der Waals surface area contributed by atoms with Gasteiger partial charge in [0.25, 0.3) is 5.89 Å². The summed E-state index contributed by atoms with van der Waals surface area (Å²) in [5, 5.41) is 24.0. The van der Waals surface area contributed by atoms with Crippen LogP contribution in [-0.2, 0) is 11.2 Å². The highest BCUT2D eigenvalue weighted by Gasteiger charge is 2.28. The van der Waals surface area contributed by atoms with Crippen molar-refractivity contribution in [3.05, 3.63) is 53.2 Å². The normalized spacial score (nSPS) is 17.0. The van der Waals surface area contributed by atoms with Crippen LogP contribution in [0, 0.1) is 17.2 Å². The van der Waals surface area contributed by atoms with E-state index in [-0.39, 0.29) is 12.3 Å². The summed E-state index contributed by atoms with van der Waals surface area (Å²) in [6.45, 7) is 0.640. The molecule has 1 atom stereocenters. The van der Waals surface area contributed by atoms with E-state index in [1.807, 2.05) is 24.3 Å². The minimum Gasteiger partial charge on any atom is -0.492 e. The zero-order chi connectivity index (χ0) is 23.2. The van der Waals surface area contributed by atoms with Gasteiger partial charge in [-0.1, -0.05) is 5.16 Å². The molecule has 0 bridgehead atoms. The predicted molar refractivity (Wildman–Crippen MR) is 123 cm³/mol. The number of aromatic nitrogens is 3. The van der Waals surface area contributed by atoms with Crippen molar-refractivity contribution in [1.29, 1.82) is 5.26 Å². The summed E-state index contributed by atoms with van der Waals surface area (Å²) in [5.41, 5.74) is 5.10. The van der Waals surface area contributed by atoms with Gasteiger partial charge >= 0.3 is 5.97 Å². The van der Waals surface area contributed by atoms with Crippen LogP contribution in [0.4, 0.5) is 0 Å². The van der Waals surface area contributed by atoms with E-state index < -0.39 is 5.97 Å². The summed E-state index contributed by atoms with van der Waals surface area (Å²) in [5.74, 6) is 1.21. The van der Waals surface area contributed by atoms with Crippen molar-refractivity contribution in [2.45, 2.75) is 38.0 Å². The quantitative estimate of drug-likeness (QED) is 0.400. The number of ether oxygens (including phenoxy) is 1. The van der Waals surface area contributed by atoms with Crippen molar-refractivity contribution >= 4 is 16.9 Å². The molecule has 6 rings (SSSR count). The molecule has 1 saturated carbocycles. The Morgan fingerprint density at radius 2 is 2.06 bits per heavy atom. The number of carbonyl (C=O) groups is 1. The molecule has 170 valence electrons. The number of aliphatic carboxylic acids is 1. The Balaban J connectivity index is 1.28. The van der Waals surface area contributed by atoms with Crippen LogP contribution in [0.15, 0.2) is 40.9 Å². The number of carboxylic acid groups (broad SMARTS) is 1. The van der Waals surface area contributed by atoms with Gasteiger partial charge in [0.15, 0.2) is 0 Å². The van der Waals surface area contributed by atoms with Crippen LogP contribution in [0.5, 0.6) is 5.75 Å². The molecule has 2 heterocycles. The molecule has 4 aromatic rings. The lowest BCUT2D eigenvalue weighted by Gasteiger charge is -2.07. The highest BCUT2D eigenvalue weighted by Crippen LogP contribution is 2.40. The molecule has 0 aliphatic heterocycles. The molecule has 34 heavy (non-hydrogen) atoms. The Labute approximate surface area is 195 Å². The van der Waals surface area contributed by atoms with E-state index in [9.17, 15) is 15.2 Å². The van der Waals surface area contributed by atoms with E-state index in [0.29, 0.717) is 41.1 Å². The van der Waals surface area contributed by atoms with Crippen molar-refractivity contribution in [2.75, 3.05) is 6.61 Å². The first-order valence-electron chi connectivity index (χ1n) is 11.5. The van der Waals surface area contributed by atoms with E-state index in [2.05, 4.69) is 21.2 Å². The topological polar surface area (TPSA) is 125 Å². The number of H-pyrrole nitrogens is 1. The SMILES string of the molecule is N#Cc1cc(-c2nc(-c3ccc4[nH]c5c(c4c3)CCC5CC(=O)O)no2)ccc1OCC1CC1. The van der Waals surface area contributed by atoms with Gasteiger partial charge in [-0.15, -0.1) is 0 Å². The van der Waals surface area contributed by atoms with Gasteiger partial charge in [0.1, 0.15) is 11.8 Å². The average molecular weight is 454 g/mol. The molecule has 2 aliphatic rings. The van der Waals surface area contributed by atoms with Gasteiger partial charge in [0.05, 0.1) is 18.6 Å². The maximum Gasteiger partial charge on any atom is 0.304 e. The molecule has 0 amide bonds. The third kappa shape index (κ3) is 3.69. The molecule has 2 aromatic carbocycles. The fraction of sp³-hybridized carbons (Fsp3) is 0.308. The molecule has 0 radical (unpaired) electrons. The van der Waals surface area contributed by atoms with E-state index in [1.54, 1.807) is 12.1 Å². The average Bonchev–Trinajstić information content (AvgIpc) is 3.23. The Bertz CT molecular complexity index is 1460. The van der Waals surface area contributed by atoms with Crippen molar-refractivity contribution < 1.29 is 19.2 Å². The first kappa shape index (κ1) is 20.5. The number of fused-ring (bicyclic) bond motifs is 3. The number of benzene rings is 2. The van der Waals surface area contributed by atoms with Gasteiger partial charge in [-0.25, -0.2) is 0 Å². The number of aromatic amines is 1. The summed E-state index contributed by atoms with van der Waals surface area (Å²) in [4.78, 5) is 19.2. The second-order valence-electron chi connectivity index (χ2n) is 9.11. The molecule has 2 aromatic heterocycles. The highest BCUT2D eigenvalue weighted by atomic mass is 16.5. The highest BCUT2D eigenvalue weighted by molar-refractivity contribution is 5.89. The van der Waals surface area contributed by atoms with Crippen molar-refractivity contribution in [1.82, 2.24) is 15.1 Å². The summed E-state index contributed by atoms with van der Waals surface area (Å²) in [6.07, 6.45) is 4.19. The van der Waals surface area contributed by atoms with Gasteiger partial charge < -0.3 is 19.4 Å². The molecular formula is C26H22N4O4. The number of rotatable bonds is 7. The minimum atomic E-state index is -0.779. The fourth-order valence-corrected chi connectivity index (χ4v) is 4.73. The van der Waals surface area contributed by atoms with E-state index in [1.165, 1.54) is 18.4 Å². The molecule has 1 unspecified atom stereocenters. The van der Waals surface area contributed by atoms with Gasteiger partial charge in [-0.05, 0) is 73.6 Å². The van der Waals surface area contributed by atoms with Gasteiger partial charge in [-0.2, -0.15) is 10.2 Å². The van der Waals surface area contributed by atoms with Crippen LogP contribution in [0.1, 0.15) is 48.4 Å². The third-order valence-corrected chi connectivity index (χ3v) is 6.71. The first-order valence-corrected chi connectivity index (χ1v) is 11.5. The lowest BCUT2D eigenvalue weighted by Crippen LogP contribution is -2.03. The van der Waals surface area contributed by atoms with Gasteiger partial charge in [0, 0.05) is 33.6 Å². The van der Waals surface area contributed by atoms with Crippen LogP contribution in [0.2, 0.25) is 0 Å². The van der Waals surface area contributed by atoms with E-state index in [0.717, 1.165) is 35.0 Å². The van der Waals surface area contributed by atoms with Crippen LogP contribution >= 0.6 is 0 Å². The second kappa shape index (κ2) is 8.03. The molecule has 2 N–H and O–H groups in total. The second-order valence-corrected chi connectivity index (χ2v) is 9.11. The standard InChI is InChI=1S/C26H22N4O4/c27-12-18-9-17(5-8-22(18)33-13-14-1-2-14)26-29-25(30-34-26)16-4-7-21-20(10-16)19-6-3-15(11-23(31)32)24(19)28-21/h4-5,7-10,14-15,28H,1-3,6,11,13H2,(H,31,32). The number of carboxylic acids is 1. The summed E-state index contributed by atoms with van der Waals surface area (Å²) in [7, 11) is 0. The summed E-state index contributed by atoms with van der Waals surface area (Å²) in [6, 6.07) is 13.4. The molecule has 8 nitrogen and oxygen atoms in total.